The number of hydrogen-bond acceptors (Lipinski definition) is 3. The molecule has 1 aromatic heterocycles. The average Bonchev–Trinajstić information content (AvgIpc) is 2.88. The number of rotatable bonds is 7. The van der Waals surface area contributed by atoms with Gasteiger partial charge >= 0.3 is 6.03 Å². The molecule has 0 spiro atoms. The summed E-state index contributed by atoms with van der Waals surface area (Å²) in [7, 11) is 0. The molecule has 0 aliphatic carbocycles. The van der Waals surface area contributed by atoms with Gasteiger partial charge < -0.3 is 10.2 Å². The maximum absolute atomic E-state index is 13.6. The predicted octanol–water partition coefficient (Wildman–Crippen LogP) is 6.61. The molecule has 2 amide bonds. The average molecular weight is 489 g/mol. The van der Waals surface area contributed by atoms with E-state index in [1.807, 2.05) is 56.3 Å². The zero-order valence-electron chi connectivity index (χ0n) is 20.2. The molecule has 4 rings (SSSR count). The fourth-order valence-electron chi connectivity index (χ4n) is 4.14. The van der Waals surface area contributed by atoms with E-state index >= 15 is 0 Å². The molecule has 0 bridgehead atoms. The van der Waals surface area contributed by atoms with Gasteiger partial charge in [0.1, 0.15) is 5.82 Å². The van der Waals surface area contributed by atoms with Gasteiger partial charge in [-0.15, -0.1) is 0 Å². The molecule has 0 saturated carbocycles. The second kappa shape index (κ2) is 10.7. The lowest BCUT2D eigenvalue weighted by molar-refractivity contribution is 0.189. The molecule has 180 valence electrons. The molecule has 0 radical (unpaired) electrons. The molecule has 0 saturated heterocycles. The number of carbonyl (C=O) groups is 1. The smallest absolute Gasteiger partial charge is 0.315 e. The fraction of sp³-hybridized carbons (Fsp3) is 0.250. The minimum atomic E-state index is -0.474. The quantitative estimate of drug-likeness (QED) is 0.318. The van der Waals surface area contributed by atoms with Crippen LogP contribution < -0.4 is 10.9 Å². The first-order valence-corrected chi connectivity index (χ1v) is 12.2. The Morgan fingerprint density at radius 1 is 1.03 bits per heavy atom. The Kier molecular flexibility index (Phi) is 7.51. The van der Waals surface area contributed by atoms with Crippen LogP contribution in [0.1, 0.15) is 44.6 Å². The first-order chi connectivity index (χ1) is 16.9. The zero-order valence-corrected chi connectivity index (χ0v) is 20.9. The molecule has 1 heterocycles. The van der Waals surface area contributed by atoms with Crippen LogP contribution in [0.15, 0.2) is 77.6 Å². The molecule has 6 nitrogen and oxygen atoms in total. The summed E-state index contributed by atoms with van der Waals surface area (Å²) in [6, 6.07) is 21.4. The number of benzene rings is 3. The molecule has 0 aliphatic rings. The molecular formula is C28H29ClN4O2. The molecular weight excluding hydrogens is 460 g/mol. The van der Waals surface area contributed by atoms with E-state index in [1.165, 1.54) is 5.56 Å². The fourth-order valence-corrected chi connectivity index (χ4v) is 4.27. The first kappa shape index (κ1) is 24.5. The summed E-state index contributed by atoms with van der Waals surface area (Å²) >= 11 is 6.10. The highest BCUT2D eigenvalue weighted by Crippen LogP contribution is 2.25. The summed E-state index contributed by atoms with van der Waals surface area (Å²) in [6.45, 7) is 6.51. The second-order valence-electron chi connectivity index (χ2n) is 8.45. The summed E-state index contributed by atoms with van der Waals surface area (Å²) in [5.74, 6) is 0.487. The Morgan fingerprint density at radius 3 is 2.37 bits per heavy atom. The number of halogens is 1. The van der Waals surface area contributed by atoms with Gasteiger partial charge in [-0.3, -0.25) is 9.36 Å². The molecule has 0 fully saturated rings. The third kappa shape index (κ3) is 5.23. The van der Waals surface area contributed by atoms with Crippen LogP contribution in [0.3, 0.4) is 0 Å². The predicted molar refractivity (Wildman–Crippen MR) is 143 cm³/mol. The van der Waals surface area contributed by atoms with Crippen LogP contribution in [-0.2, 0) is 6.42 Å². The van der Waals surface area contributed by atoms with Crippen LogP contribution in [0.25, 0.3) is 16.6 Å². The summed E-state index contributed by atoms with van der Waals surface area (Å²) in [5, 5.41) is 4.09. The standard InChI is InChI=1S/C28H29ClN4O2/c1-4-18-32(28(35)30-22-14-10-20(5-2)11-15-22)19(3)26-31-25-9-7-6-8-24(25)27(34)33(26)23-16-12-21(29)13-17-23/h6-17,19H,4-5,18H2,1-3H3,(H,30,35). The van der Waals surface area contributed by atoms with Crippen molar-refractivity contribution in [3.05, 3.63) is 99.6 Å². The largest absolute Gasteiger partial charge is 0.322 e. The van der Waals surface area contributed by atoms with Crippen molar-refractivity contribution >= 4 is 34.2 Å². The van der Waals surface area contributed by atoms with Crippen molar-refractivity contribution in [3.63, 3.8) is 0 Å². The summed E-state index contributed by atoms with van der Waals surface area (Å²) in [5.41, 5.74) is 2.98. The number of aromatic nitrogens is 2. The number of nitrogens with zero attached hydrogens (tertiary/aromatic N) is 3. The number of urea groups is 1. The van der Waals surface area contributed by atoms with E-state index in [9.17, 15) is 9.59 Å². The zero-order chi connectivity index (χ0) is 24.9. The Balaban J connectivity index is 1.78. The molecule has 4 aromatic rings. The second-order valence-corrected chi connectivity index (χ2v) is 8.89. The third-order valence-electron chi connectivity index (χ3n) is 6.07. The van der Waals surface area contributed by atoms with E-state index in [1.54, 1.807) is 39.8 Å². The number of hydrogen-bond donors (Lipinski definition) is 1. The lowest BCUT2D eigenvalue weighted by atomic mass is 10.1. The van der Waals surface area contributed by atoms with E-state index in [0.717, 1.165) is 18.5 Å². The van der Waals surface area contributed by atoms with Gasteiger partial charge in [-0.2, -0.15) is 0 Å². The normalized spacial score (nSPS) is 11.9. The van der Waals surface area contributed by atoms with Crippen molar-refractivity contribution in [1.82, 2.24) is 14.5 Å². The van der Waals surface area contributed by atoms with E-state index < -0.39 is 6.04 Å². The number of aryl methyl sites for hydroxylation is 1. The molecule has 1 N–H and O–H groups in total. The Hall–Kier alpha value is -3.64. The maximum Gasteiger partial charge on any atom is 0.322 e. The van der Waals surface area contributed by atoms with Gasteiger partial charge in [0.15, 0.2) is 0 Å². The maximum atomic E-state index is 13.6. The van der Waals surface area contributed by atoms with Crippen molar-refractivity contribution < 1.29 is 4.79 Å². The Labute approximate surface area is 210 Å². The number of carbonyl (C=O) groups excluding carboxylic acids is 1. The van der Waals surface area contributed by atoms with Crippen LogP contribution >= 0.6 is 11.6 Å². The van der Waals surface area contributed by atoms with Crippen molar-refractivity contribution in [2.75, 3.05) is 11.9 Å². The van der Waals surface area contributed by atoms with Crippen LogP contribution in [0.5, 0.6) is 0 Å². The monoisotopic (exact) mass is 488 g/mol. The van der Waals surface area contributed by atoms with E-state index in [0.29, 0.717) is 34.0 Å². The Morgan fingerprint density at radius 2 is 1.71 bits per heavy atom. The highest BCUT2D eigenvalue weighted by Gasteiger charge is 2.26. The molecule has 1 atom stereocenters. The van der Waals surface area contributed by atoms with Crippen molar-refractivity contribution in [1.29, 1.82) is 0 Å². The van der Waals surface area contributed by atoms with Crippen molar-refractivity contribution in [2.24, 2.45) is 0 Å². The molecule has 7 heteroatoms. The molecule has 1 unspecified atom stereocenters. The minimum Gasteiger partial charge on any atom is -0.315 e. The highest BCUT2D eigenvalue weighted by molar-refractivity contribution is 6.30. The molecule has 3 aromatic carbocycles. The van der Waals surface area contributed by atoms with Gasteiger partial charge in [-0.25, -0.2) is 9.78 Å². The van der Waals surface area contributed by atoms with E-state index in [4.69, 9.17) is 16.6 Å². The van der Waals surface area contributed by atoms with E-state index in [-0.39, 0.29) is 11.6 Å². The van der Waals surface area contributed by atoms with Crippen molar-refractivity contribution in [2.45, 2.75) is 39.7 Å². The topological polar surface area (TPSA) is 67.2 Å². The van der Waals surface area contributed by atoms with E-state index in [2.05, 4.69) is 12.2 Å². The molecule has 35 heavy (non-hydrogen) atoms. The van der Waals surface area contributed by atoms with Crippen LogP contribution in [0.4, 0.5) is 10.5 Å². The molecule has 0 aliphatic heterocycles. The summed E-state index contributed by atoms with van der Waals surface area (Å²) < 4.78 is 1.58. The van der Waals surface area contributed by atoms with Gasteiger partial charge in [0, 0.05) is 17.3 Å². The number of anilines is 1. The lowest BCUT2D eigenvalue weighted by Gasteiger charge is -2.30. The SMILES string of the molecule is CCCN(C(=O)Nc1ccc(CC)cc1)C(C)c1nc2ccccc2c(=O)n1-c1ccc(Cl)cc1. The Bertz CT molecular complexity index is 1380. The van der Waals surface area contributed by atoms with Gasteiger partial charge in [-0.05, 0) is 73.9 Å². The number of fused-ring (bicyclic) bond motifs is 1. The number of amides is 2. The van der Waals surface area contributed by atoms with Gasteiger partial charge in [0.2, 0.25) is 0 Å². The number of para-hydroxylation sites is 1. The summed E-state index contributed by atoms with van der Waals surface area (Å²) in [4.78, 5) is 33.6. The minimum absolute atomic E-state index is 0.188. The van der Waals surface area contributed by atoms with Crippen molar-refractivity contribution in [3.8, 4) is 5.69 Å². The van der Waals surface area contributed by atoms with Gasteiger partial charge in [0.05, 0.1) is 22.6 Å². The highest BCUT2D eigenvalue weighted by atomic mass is 35.5. The lowest BCUT2D eigenvalue weighted by Crippen LogP contribution is -2.40. The van der Waals surface area contributed by atoms with Gasteiger partial charge in [0.25, 0.3) is 5.56 Å². The van der Waals surface area contributed by atoms with Gasteiger partial charge in [-0.1, -0.05) is 49.7 Å². The van der Waals surface area contributed by atoms with Crippen LogP contribution in [-0.4, -0.2) is 27.0 Å². The first-order valence-electron chi connectivity index (χ1n) is 11.9. The van der Waals surface area contributed by atoms with Crippen LogP contribution in [0.2, 0.25) is 5.02 Å². The third-order valence-corrected chi connectivity index (χ3v) is 6.32. The number of nitrogens with one attached hydrogen (secondary N) is 1. The summed E-state index contributed by atoms with van der Waals surface area (Å²) in [6.07, 6.45) is 1.69. The van der Waals surface area contributed by atoms with Crippen LogP contribution in [0, 0.1) is 0 Å².